The third kappa shape index (κ3) is 5.38. The number of carbonyl (C=O) groups is 1. The van der Waals surface area contributed by atoms with Gasteiger partial charge >= 0.3 is 5.97 Å². The molecule has 0 heterocycles. The highest BCUT2D eigenvalue weighted by Gasteiger charge is 2.34. The van der Waals surface area contributed by atoms with Crippen molar-refractivity contribution in [2.24, 2.45) is 11.8 Å². The zero-order valence-corrected chi connectivity index (χ0v) is 14.3. The normalized spacial score (nSPS) is 14.1. The molecule has 0 aliphatic heterocycles. The van der Waals surface area contributed by atoms with Crippen molar-refractivity contribution in [3.8, 4) is 0 Å². The second kappa shape index (κ2) is 6.87. The van der Waals surface area contributed by atoms with Crippen LogP contribution in [0.2, 0.25) is 5.21 Å². The van der Waals surface area contributed by atoms with Crippen molar-refractivity contribution in [1.29, 1.82) is 0 Å². The van der Waals surface area contributed by atoms with E-state index in [4.69, 9.17) is 20.4 Å². The molecule has 20 heavy (non-hydrogen) atoms. The second-order valence-corrected chi connectivity index (χ2v) is 7.03. The minimum atomic E-state index is -0.769. The van der Waals surface area contributed by atoms with E-state index in [2.05, 4.69) is 0 Å². The highest BCUT2D eigenvalue weighted by Crippen LogP contribution is 2.41. The van der Waals surface area contributed by atoms with Gasteiger partial charge < -0.3 is 4.74 Å². The third-order valence-corrected chi connectivity index (χ3v) is 4.08. The fourth-order valence-corrected chi connectivity index (χ4v) is 2.06. The summed E-state index contributed by atoms with van der Waals surface area (Å²) < 4.78 is 5.60. The van der Waals surface area contributed by atoms with Crippen LogP contribution in [0.1, 0.15) is 61.8 Å². The van der Waals surface area contributed by atoms with Gasteiger partial charge in [0.05, 0.1) is 15.7 Å². The van der Waals surface area contributed by atoms with Gasteiger partial charge in [-0.3, -0.25) is 0 Å². The lowest BCUT2D eigenvalue weighted by molar-refractivity contribution is -0.153. The molecule has 0 saturated carbocycles. The molecule has 0 aromatic carbocycles. The Hall–Kier alpha value is -0.660. The molecule has 1 unspecified atom stereocenters. The average Bonchev–Trinajstić information content (AvgIpc) is 2.25. The molecule has 0 aromatic rings. The standard InChI is InChI=1S/C16H28B2O2/c1-10(2)13(6)14(19)20-15(7,8)9-12(5)16(17,18)11(3)4/h11-12H,9H2,1-8H3. The summed E-state index contributed by atoms with van der Waals surface area (Å²) in [5.41, 5.74) is 1.03. The van der Waals surface area contributed by atoms with Gasteiger partial charge in [0.1, 0.15) is 5.60 Å². The first kappa shape index (κ1) is 19.3. The van der Waals surface area contributed by atoms with Crippen LogP contribution in [-0.2, 0) is 9.53 Å². The summed E-state index contributed by atoms with van der Waals surface area (Å²) in [4.78, 5) is 12.0. The van der Waals surface area contributed by atoms with Crippen LogP contribution < -0.4 is 0 Å². The van der Waals surface area contributed by atoms with Crippen LogP contribution >= 0.6 is 0 Å². The fourth-order valence-electron chi connectivity index (χ4n) is 2.06. The van der Waals surface area contributed by atoms with Gasteiger partial charge in [0.15, 0.2) is 0 Å². The molecule has 110 valence electrons. The van der Waals surface area contributed by atoms with Crippen LogP contribution in [0.5, 0.6) is 0 Å². The number of ether oxygens (including phenoxy) is 1. The van der Waals surface area contributed by atoms with Crippen LogP contribution in [-0.4, -0.2) is 27.3 Å². The SMILES string of the molecule is [B]C([B])(C(C)C)C(C)CC(C)(C)OC(=O)C(C)=C(C)C. The van der Waals surface area contributed by atoms with E-state index < -0.39 is 10.8 Å². The molecular weight excluding hydrogens is 246 g/mol. The maximum Gasteiger partial charge on any atom is 0.334 e. The van der Waals surface area contributed by atoms with Gasteiger partial charge in [0, 0.05) is 5.57 Å². The van der Waals surface area contributed by atoms with Gasteiger partial charge in [-0.2, -0.15) is 0 Å². The Labute approximate surface area is 127 Å². The van der Waals surface area contributed by atoms with Crippen molar-refractivity contribution < 1.29 is 9.53 Å². The van der Waals surface area contributed by atoms with E-state index in [-0.39, 0.29) is 17.8 Å². The molecule has 0 saturated heterocycles. The molecule has 4 heteroatoms. The molecule has 0 spiro atoms. The zero-order valence-electron chi connectivity index (χ0n) is 14.3. The molecular formula is C16H28B2O2. The molecule has 0 bridgehead atoms. The Morgan fingerprint density at radius 2 is 1.55 bits per heavy atom. The Morgan fingerprint density at radius 3 is 1.90 bits per heavy atom. The van der Waals surface area contributed by atoms with Crippen molar-refractivity contribution in [1.82, 2.24) is 0 Å². The van der Waals surface area contributed by atoms with Crippen LogP contribution in [0.3, 0.4) is 0 Å². The summed E-state index contributed by atoms with van der Waals surface area (Å²) in [6.45, 7) is 15.4. The summed E-state index contributed by atoms with van der Waals surface area (Å²) in [6.07, 6.45) is 0.625. The smallest absolute Gasteiger partial charge is 0.334 e. The van der Waals surface area contributed by atoms with Crippen LogP contribution in [0, 0.1) is 11.8 Å². The Morgan fingerprint density at radius 1 is 1.10 bits per heavy atom. The number of carbonyl (C=O) groups excluding carboxylic acids is 1. The average molecular weight is 274 g/mol. The quantitative estimate of drug-likeness (QED) is 0.418. The molecule has 0 aliphatic rings. The molecule has 0 aromatic heterocycles. The largest absolute Gasteiger partial charge is 0.456 e. The van der Waals surface area contributed by atoms with Crippen LogP contribution in [0.4, 0.5) is 0 Å². The number of allylic oxidation sites excluding steroid dienone is 1. The van der Waals surface area contributed by atoms with Crippen LogP contribution in [0.15, 0.2) is 11.1 Å². The molecule has 0 amide bonds. The number of hydrogen-bond donors (Lipinski definition) is 0. The van der Waals surface area contributed by atoms with E-state index in [1.54, 1.807) is 6.92 Å². The number of rotatable bonds is 6. The Kier molecular flexibility index (Phi) is 6.64. The lowest BCUT2D eigenvalue weighted by Gasteiger charge is -2.41. The maximum atomic E-state index is 12.0. The van der Waals surface area contributed by atoms with E-state index in [1.165, 1.54) is 0 Å². The summed E-state index contributed by atoms with van der Waals surface area (Å²) in [5, 5.41) is -0.769. The molecule has 0 aliphatic carbocycles. The highest BCUT2D eigenvalue weighted by atomic mass is 16.6. The van der Waals surface area contributed by atoms with Gasteiger partial charge in [0.25, 0.3) is 0 Å². The van der Waals surface area contributed by atoms with Crippen molar-refractivity contribution in [3.63, 3.8) is 0 Å². The lowest BCUT2D eigenvalue weighted by Crippen LogP contribution is -2.36. The van der Waals surface area contributed by atoms with Crippen molar-refractivity contribution >= 4 is 21.7 Å². The van der Waals surface area contributed by atoms with E-state index in [9.17, 15) is 4.79 Å². The fraction of sp³-hybridized carbons (Fsp3) is 0.812. The molecule has 2 nitrogen and oxygen atoms in total. The van der Waals surface area contributed by atoms with Crippen molar-refractivity contribution in [2.75, 3.05) is 0 Å². The summed E-state index contributed by atoms with van der Waals surface area (Å²) in [7, 11) is 12.4. The van der Waals surface area contributed by atoms with Crippen LogP contribution in [0.25, 0.3) is 0 Å². The molecule has 4 radical (unpaired) electrons. The number of hydrogen-bond acceptors (Lipinski definition) is 2. The number of esters is 1. The molecule has 0 rings (SSSR count). The predicted molar refractivity (Wildman–Crippen MR) is 87.0 cm³/mol. The van der Waals surface area contributed by atoms with E-state index >= 15 is 0 Å². The summed E-state index contributed by atoms with van der Waals surface area (Å²) in [5.74, 6) is -0.0766. The van der Waals surface area contributed by atoms with Gasteiger partial charge in [-0.25, -0.2) is 4.79 Å². The van der Waals surface area contributed by atoms with Gasteiger partial charge in [-0.1, -0.05) is 37.5 Å². The molecule has 0 fully saturated rings. The first-order chi connectivity index (χ1) is 8.81. The minimum Gasteiger partial charge on any atom is -0.456 e. The Bertz CT molecular complexity index is 378. The van der Waals surface area contributed by atoms with Gasteiger partial charge in [0.2, 0.25) is 0 Å². The summed E-state index contributed by atoms with van der Waals surface area (Å²) in [6, 6.07) is 0. The lowest BCUT2D eigenvalue weighted by atomic mass is 9.43. The van der Waals surface area contributed by atoms with Crippen molar-refractivity contribution in [3.05, 3.63) is 11.1 Å². The van der Waals surface area contributed by atoms with Crippen molar-refractivity contribution in [2.45, 2.75) is 72.6 Å². The Balaban J connectivity index is 4.85. The molecule has 0 N–H and O–H groups in total. The molecule has 1 atom stereocenters. The maximum absolute atomic E-state index is 12.0. The summed E-state index contributed by atoms with van der Waals surface area (Å²) >= 11 is 0. The van der Waals surface area contributed by atoms with E-state index in [0.717, 1.165) is 5.57 Å². The van der Waals surface area contributed by atoms with Gasteiger partial charge in [-0.15, -0.1) is 0 Å². The third-order valence-electron chi connectivity index (χ3n) is 4.08. The monoisotopic (exact) mass is 274 g/mol. The van der Waals surface area contributed by atoms with E-state index in [0.29, 0.717) is 12.0 Å². The first-order valence-corrected chi connectivity index (χ1v) is 7.26. The topological polar surface area (TPSA) is 26.3 Å². The predicted octanol–water partition coefficient (Wildman–Crippen LogP) is 3.80. The second-order valence-electron chi connectivity index (χ2n) is 7.03. The van der Waals surface area contributed by atoms with Gasteiger partial charge in [-0.05, 0) is 47.0 Å². The van der Waals surface area contributed by atoms with E-state index in [1.807, 2.05) is 48.5 Å². The minimum absolute atomic E-state index is 0.0392. The first-order valence-electron chi connectivity index (χ1n) is 7.26. The zero-order chi connectivity index (χ0) is 16.3. The highest BCUT2D eigenvalue weighted by molar-refractivity contribution is 6.40.